The van der Waals surface area contributed by atoms with Crippen molar-refractivity contribution < 1.29 is 9.15 Å². The van der Waals surface area contributed by atoms with Gasteiger partial charge in [0.05, 0.1) is 26.3 Å². The quantitative estimate of drug-likeness (QED) is 0.401. The average molecular weight is 439 g/mol. The minimum atomic E-state index is 0.404. The maximum absolute atomic E-state index is 5.63. The molecule has 0 bridgehead atoms. The van der Waals surface area contributed by atoms with Gasteiger partial charge in [0.15, 0.2) is 11.8 Å². The van der Waals surface area contributed by atoms with Crippen LogP contribution in [0.5, 0.6) is 0 Å². The van der Waals surface area contributed by atoms with Crippen LogP contribution in [0.1, 0.15) is 17.3 Å². The summed E-state index contributed by atoms with van der Waals surface area (Å²) in [7, 11) is 1.95. The smallest absolute Gasteiger partial charge is 0.226 e. The summed E-state index contributed by atoms with van der Waals surface area (Å²) in [6.45, 7) is 8.06. The van der Waals surface area contributed by atoms with Crippen molar-refractivity contribution in [1.29, 1.82) is 0 Å². The first-order chi connectivity index (χ1) is 15.7. The molecule has 3 aromatic rings. The molecule has 1 saturated heterocycles. The number of aryl methyl sites for hydroxylation is 1. The predicted octanol–water partition coefficient (Wildman–Crippen LogP) is 1.35. The summed E-state index contributed by atoms with van der Waals surface area (Å²) in [5.74, 6) is 3.01. The molecule has 1 fully saturated rings. The monoisotopic (exact) mass is 438 g/mol. The number of morpholine rings is 1. The van der Waals surface area contributed by atoms with Crippen molar-refractivity contribution >= 4 is 5.96 Å². The Labute approximate surface area is 187 Å². The van der Waals surface area contributed by atoms with Crippen molar-refractivity contribution in [2.75, 3.05) is 39.4 Å². The van der Waals surface area contributed by atoms with Gasteiger partial charge in [-0.15, -0.1) is 10.2 Å². The van der Waals surface area contributed by atoms with Gasteiger partial charge in [0.1, 0.15) is 17.8 Å². The van der Waals surface area contributed by atoms with E-state index in [0.29, 0.717) is 24.9 Å². The molecular formula is C22H30N8O2. The SMILES string of the molecule is Cc1nnc(CNC(=NCc2coc(-c3ccccc3)n2)NCCN2CCOCC2)n1C. The van der Waals surface area contributed by atoms with Crippen LogP contribution in [0.2, 0.25) is 0 Å². The van der Waals surface area contributed by atoms with Gasteiger partial charge in [-0.1, -0.05) is 18.2 Å². The van der Waals surface area contributed by atoms with E-state index < -0.39 is 0 Å². The van der Waals surface area contributed by atoms with E-state index in [1.54, 1.807) is 6.26 Å². The first-order valence-corrected chi connectivity index (χ1v) is 10.9. The van der Waals surface area contributed by atoms with Crippen LogP contribution < -0.4 is 10.6 Å². The molecule has 0 spiro atoms. The van der Waals surface area contributed by atoms with E-state index in [2.05, 4.69) is 30.7 Å². The zero-order valence-corrected chi connectivity index (χ0v) is 18.6. The second kappa shape index (κ2) is 10.9. The molecule has 2 aromatic heterocycles. The lowest BCUT2D eigenvalue weighted by Gasteiger charge is -2.26. The Morgan fingerprint density at radius 3 is 2.69 bits per heavy atom. The van der Waals surface area contributed by atoms with Crippen LogP contribution in [0.15, 0.2) is 46.0 Å². The molecular weight excluding hydrogens is 408 g/mol. The zero-order chi connectivity index (χ0) is 22.2. The maximum Gasteiger partial charge on any atom is 0.226 e. The number of oxazole rings is 1. The van der Waals surface area contributed by atoms with Crippen LogP contribution in [0.25, 0.3) is 11.5 Å². The van der Waals surface area contributed by atoms with Crippen LogP contribution in [-0.4, -0.2) is 70.0 Å². The van der Waals surface area contributed by atoms with E-state index in [1.807, 2.05) is 48.9 Å². The number of aliphatic imine (C=N–C) groups is 1. The van der Waals surface area contributed by atoms with E-state index in [4.69, 9.17) is 14.1 Å². The van der Waals surface area contributed by atoms with Gasteiger partial charge in [0.2, 0.25) is 5.89 Å². The second-order valence-corrected chi connectivity index (χ2v) is 7.63. The second-order valence-electron chi connectivity index (χ2n) is 7.63. The molecule has 170 valence electrons. The molecule has 0 unspecified atom stereocenters. The number of ether oxygens (including phenoxy) is 1. The van der Waals surface area contributed by atoms with Gasteiger partial charge in [-0.2, -0.15) is 0 Å². The lowest BCUT2D eigenvalue weighted by Crippen LogP contribution is -2.44. The lowest BCUT2D eigenvalue weighted by atomic mass is 10.2. The number of hydrogen-bond donors (Lipinski definition) is 2. The number of hydrogen-bond acceptors (Lipinski definition) is 7. The summed E-state index contributed by atoms with van der Waals surface area (Å²) in [5.41, 5.74) is 1.72. The Bertz CT molecular complexity index is 1010. The number of rotatable bonds is 8. The van der Waals surface area contributed by atoms with Crippen LogP contribution in [0.4, 0.5) is 0 Å². The lowest BCUT2D eigenvalue weighted by molar-refractivity contribution is 0.0389. The van der Waals surface area contributed by atoms with Crippen molar-refractivity contribution in [1.82, 2.24) is 35.3 Å². The molecule has 2 N–H and O–H groups in total. The normalized spacial score (nSPS) is 15.1. The van der Waals surface area contributed by atoms with Crippen LogP contribution >= 0.6 is 0 Å². The average Bonchev–Trinajstić information content (AvgIpc) is 3.44. The maximum atomic E-state index is 5.63. The number of aromatic nitrogens is 4. The Morgan fingerprint density at radius 1 is 1.12 bits per heavy atom. The minimum absolute atomic E-state index is 0.404. The van der Waals surface area contributed by atoms with E-state index in [0.717, 1.165) is 62.3 Å². The van der Waals surface area contributed by atoms with Gasteiger partial charge in [0, 0.05) is 38.8 Å². The first-order valence-electron chi connectivity index (χ1n) is 10.9. The molecule has 4 rings (SSSR count). The summed E-state index contributed by atoms with van der Waals surface area (Å²) in [6, 6.07) is 9.85. The third-order valence-electron chi connectivity index (χ3n) is 5.39. The van der Waals surface area contributed by atoms with Gasteiger partial charge in [0.25, 0.3) is 0 Å². The van der Waals surface area contributed by atoms with E-state index >= 15 is 0 Å². The van der Waals surface area contributed by atoms with Gasteiger partial charge in [-0.25, -0.2) is 9.98 Å². The molecule has 0 saturated carbocycles. The van der Waals surface area contributed by atoms with Gasteiger partial charge in [-0.3, -0.25) is 4.90 Å². The van der Waals surface area contributed by atoms with Crippen molar-refractivity contribution in [2.45, 2.75) is 20.0 Å². The van der Waals surface area contributed by atoms with E-state index in [1.165, 1.54) is 0 Å². The molecule has 0 aliphatic carbocycles. The van der Waals surface area contributed by atoms with E-state index in [9.17, 15) is 0 Å². The number of benzene rings is 1. The van der Waals surface area contributed by atoms with Crippen molar-refractivity contribution in [3.63, 3.8) is 0 Å². The number of guanidine groups is 1. The van der Waals surface area contributed by atoms with Gasteiger partial charge in [-0.05, 0) is 19.1 Å². The third kappa shape index (κ3) is 5.92. The summed E-state index contributed by atoms with van der Waals surface area (Å²) in [6.07, 6.45) is 1.66. The molecule has 3 heterocycles. The van der Waals surface area contributed by atoms with Crippen molar-refractivity contribution in [3.05, 3.63) is 53.9 Å². The number of nitrogens with zero attached hydrogens (tertiary/aromatic N) is 6. The highest BCUT2D eigenvalue weighted by molar-refractivity contribution is 5.79. The highest BCUT2D eigenvalue weighted by atomic mass is 16.5. The number of nitrogens with one attached hydrogen (secondary N) is 2. The highest BCUT2D eigenvalue weighted by Gasteiger charge is 2.11. The molecule has 0 atom stereocenters. The summed E-state index contributed by atoms with van der Waals surface area (Å²) < 4.78 is 13.0. The fourth-order valence-corrected chi connectivity index (χ4v) is 3.35. The largest absolute Gasteiger partial charge is 0.444 e. The Kier molecular flexibility index (Phi) is 7.47. The molecule has 0 amide bonds. The Hall–Kier alpha value is -3.24. The van der Waals surface area contributed by atoms with Crippen LogP contribution in [0.3, 0.4) is 0 Å². The fourth-order valence-electron chi connectivity index (χ4n) is 3.35. The molecule has 1 aliphatic rings. The fraction of sp³-hybridized carbons (Fsp3) is 0.455. The molecule has 1 aromatic carbocycles. The summed E-state index contributed by atoms with van der Waals surface area (Å²) in [4.78, 5) is 11.6. The van der Waals surface area contributed by atoms with Crippen LogP contribution in [0, 0.1) is 6.92 Å². The molecule has 32 heavy (non-hydrogen) atoms. The Balaban J connectivity index is 1.38. The molecule has 0 radical (unpaired) electrons. The van der Waals surface area contributed by atoms with Crippen molar-refractivity contribution in [3.8, 4) is 11.5 Å². The van der Waals surface area contributed by atoms with Crippen LogP contribution in [-0.2, 0) is 24.9 Å². The third-order valence-corrected chi connectivity index (χ3v) is 5.39. The van der Waals surface area contributed by atoms with Crippen molar-refractivity contribution in [2.24, 2.45) is 12.0 Å². The first kappa shape index (κ1) is 22.0. The standard InChI is InChI=1S/C22H30N8O2/c1-17-27-28-20(29(17)2)15-25-22(23-8-9-30-10-12-31-13-11-30)24-14-19-16-32-21(26-19)18-6-4-3-5-7-18/h3-7,16H,8-15H2,1-2H3,(H2,23,24,25). The van der Waals surface area contributed by atoms with Gasteiger partial charge < -0.3 is 24.4 Å². The van der Waals surface area contributed by atoms with E-state index in [-0.39, 0.29) is 0 Å². The summed E-state index contributed by atoms with van der Waals surface area (Å²) >= 11 is 0. The summed E-state index contributed by atoms with van der Waals surface area (Å²) in [5, 5.41) is 15.1. The zero-order valence-electron chi connectivity index (χ0n) is 18.6. The Morgan fingerprint density at radius 2 is 1.94 bits per heavy atom. The highest BCUT2D eigenvalue weighted by Crippen LogP contribution is 2.18. The predicted molar refractivity (Wildman–Crippen MR) is 121 cm³/mol. The molecule has 1 aliphatic heterocycles. The molecule has 10 nitrogen and oxygen atoms in total. The van der Waals surface area contributed by atoms with Gasteiger partial charge >= 0.3 is 0 Å². The molecule has 10 heteroatoms. The topological polar surface area (TPSA) is 106 Å². The minimum Gasteiger partial charge on any atom is -0.444 e.